The average molecular weight is 337 g/mol. The molecular weight excluding hydrogens is 325 g/mol. The fraction of sp³-hybridized carbons (Fsp3) is 0.500. The number of rotatable bonds is 1. The largest absolute Gasteiger partial charge is 0.391 e. The molecule has 0 unspecified atom stereocenters. The summed E-state index contributed by atoms with van der Waals surface area (Å²) in [5.74, 6) is -1.56. The Morgan fingerprint density at radius 3 is 2.42 bits per heavy atom. The van der Waals surface area contributed by atoms with Crippen LogP contribution in [0, 0.1) is 5.92 Å². The summed E-state index contributed by atoms with van der Waals surface area (Å²) in [6, 6.07) is 3.24. The topological polar surface area (TPSA) is 33.2 Å². The van der Waals surface area contributed by atoms with Gasteiger partial charge in [-0.25, -0.2) is 4.98 Å². The molecule has 19 heavy (non-hydrogen) atoms. The van der Waals surface area contributed by atoms with Crippen LogP contribution < -0.4 is 0 Å². The maximum Gasteiger partial charge on any atom is 0.391 e. The van der Waals surface area contributed by atoms with E-state index in [-0.39, 0.29) is 31.8 Å². The van der Waals surface area contributed by atoms with Gasteiger partial charge in [-0.2, -0.15) is 13.2 Å². The summed E-state index contributed by atoms with van der Waals surface area (Å²) in [5, 5.41) is 0. The lowest BCUT2D eigenvalue weighted by Crippen LogP contribution is -2.42. The fourth-order valence-corrected chi connectivity index (χ4v) is 2.33. The minimum atomic E-state index is -4.16. The van der Waals surface area contributed by atoms with Crippen molar-refractivity contribution in [1.29, 1.82) is 0 Å². The van der Waals surface area contributed by atoms with Crippen molar-refractivity contribution in [3.8, 4) is 0 Å². The summed E-state index contributed by atoms with van der Waals surface area (Å²) in [6.07, 6.45) is -2.80. The second kappa shape index (κ2) is 5.48. The van der Waals surface area contributed by atoms with Crippen LogP contribution >= 0.6 is 15.9 Å². The lowest BCUT2D eigenvalue weighted by molar-refractivity contribution is -0.183. The standard InChI is InChI=1S/C12H12BrF3N2O/c13-10-2-1-8(7-17-10)11(19)18-5-3-9(4-6-18)12(14,15)16/h1-2,7,9H,3-6H2. The normalized spacial score (nSPS) is 17.6. The average Bonchev–Trinajstić information content (AvgIpc) is 2.38. The van der Waals surface area contributed by atoms with Crippen LogP contribution in [0.2, 0.25) is 0 Å². The Morgan fingerprint density at radius 2 is 1.95 bits per heavy atom. The molecule has 1 aromatic rings. The van der Waals surface area contributed by atoms with Crippen LogP contribution in [-0.2, 0) is 0 Å². The highest BCUT2D eigenvalue weighted by Crippen LogP contribution is 2.34. The number of nitrogens with zero attached hydrogens (tertiary/aromatic N) is 2. The van der Waals surface area contributed by atoms with Crippen molar-refractivity contribution in [2.24, 2.45) is 5.92 Å². The lowest BCUT2D eigenvalue weighted by Gasteiger charge is -2.32. The summed E-state index contributed by atoms with van der Waals surface area (Å²) in [5.41, 5.74) is 0.397. The van der Waals surface area contributed by atoms with Crippen LogP contribution in [0.15, 0.2) is 22.9 Å². The zero-order chi connectivity index (χ0) is 14.0. The number of carbonyl (C=O) groups excluding carboxylic acids is 1. The molecule has 0 spiro atoms. The maximum atomic E-state index is 12.5. The molecule has 1 aliphatic rings. The minimum Gasteiger partial charge on any atom is -0.339 e. The van der Waals surface area contributed by atoms with Gasteiger partial charge in [0.2, 0.25) is 0 Å². The van der Waals surface area contributed by atoms with E-state index in [1.165, 1.54) is 11.1 Å². The first-order valence-corrected chi connectivity index (χ1v) is 6.65. The second-order valence-electron chi connectivity index (χ2n) is 4.48. The third-order valence-electron chi connectivity index (χ3n) is 3.22. The number of aromatic nitrogens is 1. The number of likely N-dealkylation sites (tertiary alicyclic amines) is 1. The summed E-state index contributed by atoms with van der Waals surface area (Å²) < 4.78 is 38.2. The molecule has 0 aromatic carbocycles. The monoisotopic (exact) mass is 336 g/mol. The molecule has 0 bridgehead atoms. The Kier molecular flexibility index (Phi) is 4.13. The second-order valence-corrected chi connectivity index (χ2v) is 5.29. The van der Waals surface area contributed by atoms with E-state index in [0.717, 1.165) is 0 Å². The molecule has 104 valence electrons. The number of pyridine rings is 1. The highest BCUT2D eigenvalue weighted by atomic mass is 79.9. The van der Waals surface area contributed by atoms with E-state index < -0.39 is 12.1 Å². The van der Waals surface area contributed by atoms with Gasteiger partial charge in [0.25, 0.3) is 5.91 Å². The summed E-state index contributed by atoms with van der Waals surface area (Å²) in [7, 11) is 0. The van der Waals surface area contributed by atoms with Crippen LogP contribution in [0.4, 0.5) is 13.2 Å². The Labute approximate surface area is 116 Å². The first-order valence-electron chi connectivity index (χ1n) is 5.85. The van der Waals surface area contributed by atoms with E-state index in [4.69, 9.17) is 0 Å². The fourth-order valence-electron chi connectivity index (χ4n) is 2.09. The molecule has 1 amide bonds. The lowest BCUT2D eigenvalue weighted by atomic mass is 9.96. The van der Waals surface area contributed by atoms with Gasteiger partial charge < -0.3 is 4.90 Å². The van der Waals surface area contributed by atoms with Gasteiger partial charge in [0.05, 0.1) is 11.5 Å². The van der Waals surface area contributed by atoms with Gasteiger partial charge in [-0.1, -0.05) is 0 Å². The summed E-state index contributed by atoms with van der Waals surface area (Å²) in [4.78, 5) is 17.4. The first-order chi connectivity index (χ1) is 8.88. The van der Waals surface area contributed by atoms with Crippen molar-refractivity contribution >= 4 is 21.8 Å². The van der Waals surface area contributed by atoms with Gasteiger partial charge in [0, 0.05) is 19.3 Å². The predicted molar refractivity (Wildman–Crippen MR) is 66.6 cm³/mol. The van der Waals surface area contributed by atoms with Crippen molar-refractivity contribution in [2.45, 2.75) is 19.0 Å². The van der Waals surface area contributed by atoms with Crippen LogP contribution in [0.1, 0.15) is 23.2 Å². The maximum absolute atomic E-state index is 12.5. The van der Waals surface area contributed by atoms with Crippen molar-refractivity contribution < 1.29 is 18.0 Å². The summed E-state index contributed by atoms with van der Waals surface area (Å²) in [6.45, 7) is 0.276. The molecule has 1 aromatic heterocycles. The van der Waals surface area contributed by atoms with Crippen molar-refractivity contribution in [2.75, 3.05) is 13.1 Å². The predicted octanol–water partition coefficient (Wildman–Crippen LogP) is 3.26. The zero-order valence-electron chi connectivity index (χ0n) is 9.95. The van der Waals surface area contributed by atoms with Gasteiger partial charge in [-0.15, -0.1) is 0 Å². The van der Waals surface area contributed by atoms with Crippen molar-refractivity contribution in [3.05, 3.63) is 28.5 Å². The number of carbonyl (C=O) groups is 1. The van der Waals surface area contributed by atoms with E-state index in [1.807, 2.05) is 0 Å². The molecule has 1 aliphatic heterocycles. The Hall–Kier alpha value is -1.11. The SMILES string of the molecule is O=C(c1ccc(Br)nc1)N1CCC(C(F)(F)F)CC1. The van der Waals surface area contributed by atoms with Crippen LogP contribution in [0.3, 0.4) is 0 Å². The Balaban J connectivity index is 1.98. The number of alkyl halides is 3. The van der Waals surface area contributed by atoms with Gasteiger partial charge in [0.1, 0.15) is 4.60 Å². The molecule has 0 aliphatic carbocycles. The molecule has 0 saturated carbocycles. The van der Waals surface area contributed by atoms with Crippen LogP contribution in [0.5, 0.6) is 0 Å². The quantitative estimate of drug-likeness (QED) is 0.737. The zero-order valence-corrected chi connectivity index (χ0v) is 11.5. The van der Waals surface area contributed by atoms with E-state index in [2.05, 4.69) is 20.9 Å². The highest BCUT2D eigenvalue weighted by Gasteiger charge is 2.41. The molecule has 2 rings (SSSR count). The van der Waals surface area contributed by atoms with E-state index in [1.54, 1.807) is 12.1 Å². The number of hydrogen-bond acceptors (Lipinski definition) is 2. The molecule has 7 heteroatoms. The van der Waals surface area contributed by atoms with Gasteiger partial charge in [-0.3, -0.25) is 4.79 Å². The van der Waals surface area contributed by atoms with Crippen molar-refractivity contribution in [3.63, 3.8) is 0 Å². The van der Waals surface area contributed by atoms with Crippen molar-refractivity contribution in [1.82, 2.24) is 9.88 Å². The highest BCUT2D eigenvalue weighted by molar-refractivity contribution is 9.10. The van der Waals surface area contributed by atoms with Gasteiger partial charge in [-0.05, 0) is 40.9 Å². The Bertz CT molecular complexity index is 453. The molecule has 0 radical (unpaired) electrons. The summed E-state index contributed by atoms with van der Waals surface area (Å²) >= 11 is 3.16. The molecule has 2 heterocycles. The molecule has 1 fully saturated rings. The van der Waals surface area contributed by atoms with E-state index >= 15 is 0 Å². The first kappa shape index (κ1) is 14.3. The Morgan fingerprint density at radius 1 is 1.32 bits per heavy atom. The molecule has 1 saturated heterocycles. The minimum absolute atomic E-state index is 0.0286. The smallest absolute Gasteiger partial charge is 0.339 e. The number of hydrogen-bond donors (Lipinski definition) is 0. The van der Waals surface area contributed by atoms with E-state index in [0.29, 0.717) is 10.2 Å². The van der Waals surface area contributed by atoms with Crippen LogP contribution in [0.25, 0.3) is 0 Å². The molecule has 0 atom stereocenters. The molecular formula is C12H12BrF3N2O. The molecule has 0 N–H and O–H groups in total. The van der Waals surface area contributed by atoms with Crippen LogP contribution in [-0.4, -0.2) is 35.1 Å². The third kappa shape index (κ3) is 3.46. The molecule has 3 nitrogen and oxygen atoms in total. The van der Waals surface area contributed by atoms with Gasteiger partial charge in [0.15, 0.2) is 0 Å². The third-order valence-corrected chi connectivity index (χ3v) is 3.69. The van der Waals surface area contributed by atoms with Gasteiger partial charge >= 0.3 is 6.18 Å². The number of halogens is 4. The number of piperidine rings is 1. The number of amides is 1. The van der Waals surface area contributed by atoms with E-state index in [9.17, 15) is 18.0 Å².